The van der Waals surface area contributed by atoms with E-state index in [-0.39, 0.29) is 6.61 Å². The third-order valence-electron chi connectivity index (χ3n) is 5.26. The molecule has 0 saturated heterocycles. The Morgan fingerprint density at radius 3 is 2.35 bits per heavy atom. The zero-order valence-electron chi connectivity index (χ0n) is 16.7. The van der Waals surface area contributed by atoms with Crippen molar-refractivity contribution in [2.24, 2.45) is 17.8 Å². The average molecular weight is 357 g/mol. The highest BCUT2D eigenvalue weighted by molar-refractivity contribution is 5.59. The minimum atomic E-state index is -0.576. The Balaban J connectivity index is 1.91. The summed E-state index contributed by atoms with van der Waals surface area (Å²) in [6.07, 6.45) is 3.98. The number of carbonyl (C=O) groups excluding carboxylic acids is 1. The molecule has 3 unspecified atom stereocenters. The second kappa shape index (κ2) is 9.61. The number of allylic oxidation sites excluding steroid dienone is 4. The van der Waals surface area contributed by atoms with Crippen molar-refractivity contribution >= 4 is 6.16 Å². The molecule has 0 radical (unpaired) electrons. The SMILES string of the molecule is CC(C)=CC1CC(COC(=O)OCc2ccccc2)C(C(C)=C(C)C)C1. The molecule has 1 aromatic carbocycles. The van der Waals surface area contributed by atoms with Crippen LogP contribution in [-0.2, 0) is 16.1 Å². The Labute approximate surface area is 158 Å². The highest BCUT2D eigenvalue weighted by atomic mass is 16.7. The summed E-state index contributed by atoms with van der Waals surface area (Å²) < 4.78 is 10.7. The molecule has 0 aromatic heterocycles. The topological polar surface area (TPSA) is 35.5 Å². The van der Waals surface area contributed by atoms with Crippen LogP contribution in [0.5, 0.6) is 0 Å². The zero-order valence-corrected chi connectivity index (χ0v) is 16.7. The molecule has 3 atom stereocenters. The van der Waals surface area contributed by atoms with Crippen LogP contribution in [0.25, 0.3) is 0 Å². The Hall–Kier alpha value is -2.03. The second-order valence-corrected chi connectivity index (χ2v) is 7.86. The van der Waals surface area contributed by atoms with Crippen molar-refractivity contribution in [3.05, 3.63) is 58.7 Å². The van der Waals surface area contributed by atoms with Crippen molar-refractivity contribution in [1.29, 1.82) is 0 Å². The smallest absolute Gasteiger partial charge is 0.434 e. The van der Waals surface area contributed by atoms with Gasteiger partial charge >= 0.3 is 6.16 Å². The van der Waals surface area contributed by atoms with E-state index in [0.717, 1.165) is 18.4 Å². The molecule has 0 aliphatic heterocycles. The van der Waals surface area contributed by atoms with Gasteiger partial charge in [0.05, 0.1) is 6.61 Å². The highest BCUT2D eigenvalue weighted by Gasteiger charge is 2.35. The fourth-order valence-corrected chi connectivity index (χ4v) is 3.79. The van der Waals surface area contributed by atoms with Gasteiger partial charge < -0.3 is 9.47 Å². The number of hydrogen-bond acceptors (Lipinski definition) is 3. The maximum Gasteiger partial charge on any atom is 0.508 e. The minimum absolute atomic E-state index is 0.251. The van der Waals surface area contributed by atoms with Crippen molar-refractivity contribution in [2.45, 2.75) is 54.1 Å². The standard InChI is InChI=1S/C23H32O3/c1-16(2)11-20-12-21(22(13-20)18(5)17(3)4)15-26-23(24)25-14-19-9-7-6-8-10-19/h6-11,20-22H,12-15H2,1-5H3. The van der Waals surface area contributed by atoms with Crippen molar-refractivity contribution in [3.63, 3.8) is 0 Å². The van der Waals surface area contributed by atoms with E-state index in [9.17, 15) is 4.79 Å². The lowest BCUT2D eigenvalue weighted by atomic mass is 9.87. The van der Waals surface area contributed by atoms with Gasteiger partial charge in [-0.3, -0.25) is 0 Å². The highest BCUT2D eigenvalue weighted by Crippen LogP contribution is 2.42. The molecule has 0 amide bonds. The van der Waals surface area contributed by atoms with Gasteiger partial charge in [-0.2, -0.15) is 0 Å². The summed E-state index contributed by atoms with van der Waals surface area (Å²) in [6, 6.07) is 9.67. The molecule has 142 valence electrons. The van der Waals surface area contributed by atoms with Gasteiger partial charge in [0, 0.05) is 5.92 Å². The summed E-state index contributed by atoms with van der Waals surface area (Å²) in [5.74, 6) is 1.39. The molecule has 1 aromatic rings. The first-order valence-corrected chi connectivity index (χ1v) is 9.49. The van der Waals surface area contributed by atoms with Crippen LogP contribution in [0.1, 0.15) is 53.0 Å². The second-order valence-electron chi connectivity index (χ2n) is 7.86. The van der Waals surface area contributed by atoms with Crippen molar-refractivity contribution in [1.82, 2.24) is 0 Å². The van der Waals surface area contributed by atoms with Gasteiger partial charge in [0.15, 0.2) is 0 Å². The van der Waals surface area contributed by atoms with Crippen LogP contribution in [0.2, 0.25) is 0 Å². The first-order chi connectivity index (χ1) is 12.4. The molecule has 0 bridgehead atoms. The predicted molar refractivity (Wildman–Crippen MR) is 106 cm³/mol. The predicted octanol–water partition coefficient (Wildman–Crippen LogP) is 6.30. The first-order valence-electron chi connectivity index (χ1n) is 9.49. The van der Waals surface area contributed by atoms with Crippen molar-refractivity contribution < 1.29 is 14.3 Å². The number of hydrogen-bond donors (Lipinski definition) is 0. The Morgan fingerprint density at radius 1 is 1.04 bits per heavy atom. The lowest BCUT2D eigenvalue weighted by Crippen LogP contribution is -2.19. The van der Waals surface area contributed by atoms with Crippen molar-refractivity contribution in [3.8, 4) is 0 Å². The number of benzene rings is 1. The van der Waals surface area contributed by atoms with Crippen LogP contribution in [0.3, 0.4) is 0 Å². The van der Waals surface area contributed by atoms with E-state index in [0.29, 0.717) is 24.4 Å². The summed E-state index contributed by atoms with van der Waals surface area (Å²) in [5.41, 5.74) is 5.12. The van der Waals surface area contributed by atoms with Gasteiger partial charge in [0.25, 0.3) is 0 Å². The third kappa shape index (κ3) is 6.05. The van der Waals surface area contributed by atoms with Crippen LogP contribution in [0.15, 0.2) is 53.1 Å². The van der Waals surface area contributed by atoms with Crippen molar-refractivity contribution in [2.75, 3.05) is 6.61 Å². The van der Waals surface area contributed by atoms with E-state index in [1.54, 1.807) is 0 Å². The molecule has 3 nitrogen and oxygen atoms in total. The molecule has 1 aliphatic carbocycles. The van der Waals surface area contributed by atoms with Crippen LogP contribution in [0.4, 0.5) is 4.79 Å². The minimum Gasteiger partial charge on any atom is -0.434 e. The lowest BCUT2D eigenvalue weighted by molar-refractivity contribution is 0.0364. The summed E-state index contributed by atoms with van der Waals surface area (Å²) in [6.45, 7) is 11.5. The monoisotopic (exact) mass is 356 g/mol. The van der Waals surface area contributed by atoms with Gasteiger partial charge in [-0.05, 0) is 64.9 Å². The normalized spacial score (nSPS) is 21.8. The van der Waals surface area contributed by atoms with Crippen LogP contribution >= 0.6 is 0 Å². The Kier molecular flexibility index (Phi) is 7.50. The molecular formula is C23H32O3. The van der Waals surface area contributed by atoms with E-state index in [4.69, 9.17) is 9.47 Å². The molecule has 0 spiro atoms. The lowest BCUT2D eigenvalue weighted by Gasteiger charge is -2.21. The fourth-order valence-electron chi connectivity index (χ4n) is 3.79. The Morgan fingerprint density at radius 2 is 1.73 bits per heavy atom. The quantitative estimate of drug-likeness (QED) is 0.443. The average Bonchev–Trinajstić information content (AvgIpc) is 3.00. The largest absolute Gasteiger partial charge is 0.508 e. The number of rotatable bonds is 6. The third-order valence-corrected chi connectivity index (χ3v) is 5.26. The van der Waals surface area contributed by atoms with Gasteiger partial charge in [-0.1, -0.05) is 53.1 Å². The van der Waals surface area contributed by atoms with E-state index >= 15 is 0 Å². The molecule has 1 saturated carbocycles. The van der Waals surface area contributed by atoms with Crippen LogP contribution < -0.4 is 0 Å². The first kappa shape index (κ1) is 20.3. The van der Waals surface area contributed by atoms with Gasteiger partial charge in [-0.15, -0.1) is 0 Å². The van der Waals surface area contributed by atoms with Crippen LogP contribution in [0, 0.1) is 17.8 Å². The fraction of sp³-hybridized carbons (Fsp3) is 0.522. The summed E-state index contributed by atoms with van der Waals surface area (Å²) in [5, 5.41) is 0. The van der Waals surface area contributed by atoms with Gasteiger partial charge in [-0.25, -0.2) is 4.79 Å². The maximum atomic E-state index is 12.0. The summed E-state index contributed by atoms with van der Waals surface area (Å²) >= 11 is 0. The number of carbonyl (C=O) groups is 1. The van der Waals surface area contributed by atoms with E-state index in [1.165, 1.54) is 16.7 Å². The van der Waals surface area contributed by atoms with Gasteiger partial charge in [0.1, 0.15) is 6.61 Å². The molecule has 3 heteroatoms. The Bertz CT molecular complexity index is 649. The van der Waals surface area contributed by atoms with E-state index in [1.807, 2.05) is 30.3 Å². The maximum absolute atomic E-state index is 12.0. The van der Waals surface area contributed by atoms with E-state index < -0.39 is 6.16 Å². The molecule has 0 heterocycles. The molecule has 1 fully saturated rings. The number of ether oxygens (including phenoxy) is 2. The van der Waals surface area contributed by atoms with Crippen LogP contribution in [-0.4, -0.2) is 12.8 Å². The molecule has 26 heavy (non-hydrogen) atoms. The summed E-state index contributed by atoms with van der Waals surface area (Å²) in [7, 11) is 0. The van der Waals surface area contributed by atoms with E-state index in [2.05, 4.69) is 40.7 Å². The van der Waals surface area contributed by atoms with Gasteiger partial charge in [0.2, 0.25) is 0 Å². The molecular weight excluding hydrogens is 324 g/mol. The molecule has 2 rings (SSSR count). The zero-order chi connectivity index (χ0) is 19.1. The molecule has 1 aliphatic rings. The summed E-state index contributed by atoms with van der Waals surface area (Å²) in [4.78, 5) is 12.0. The molecule has 0 N–H and O–H groups in total.